The summed E-state index contributed by atoms with van der Waals surface area (Å²) >= 11 is 0. The molecule has 25 heavy (non-hydrogen) atoms. The van der Waals surface area contributed by atoms with Crippen LogP contribution in [-0.2, 0) is 6.54 Å². The molecule has 0 unspecified atom stereocenters. The summed E-state index contributed by atoms with van der Waals surface area (Å²) in [7, 11) is 1.57. The van der Waals surface area contributed by atoms with Gasteiger partial charge in [0.2, 0.25) is 0 Å². The number of carbonyl (C=O) groups is 1. The van der Waals surface area contributed by atoms with Crippen LogP contribution in [0.5, 0.6) is 5.75 Å². The van der Waals surface area contributed by atoms with Gasteiger partial charge in [-0.1, -0.05) is 12.1 Å². The Morgan fingerprint density at radius 2 is 2.04 bits per heavy atom. The molecular formula is C18H17N5O2. The molecule has 0 aliphatic rings. The number of methoxy groups -OCH3 is 1. The van der Waals surface area contributed by atoms with Crippen LogP contribution in [0.4, 0.5) is 11.5 Å². The molecule has 7 heteroatoms. The third-order valence-corrected chi connectivity index (χ3v) is 3.41. The van der Waals surface area contributed by atoms with E-state index in [-0.39, 0.29) is 11.6 Å². The molecule has 7 nitrogen and oxygen atoms in total. The third-order valence-electron chi connectivity index (χ3n) is 3.41. The van der Waals surface area contributed by atoms with Crippen molar-refractivity contribution >= 4 is 17.4 Å². The van der Waals surface area contributed by atoms with Gasteiger partial charge in [-0.05, 0) is 23.8 Å². The number of hydrogen-bond acceptors (Lipinski definition) is 6. The van der Waals surface area contributed by atoms with Crippen molar-refractivity contribution < 1.29 is 9.53 Å². The van der Waals surface area contributed by atoms with Crippen molar-refractivity contribution in [2.24, 2.45) is 0 Å². The van der Waals surface area contributed by atoms with Gasteiger partial charge in [-0.2, -0.15) is 0 Å². The summed E-state index contributed by atoms with van der Waals surface area (Å²) in [6.07, 6.45) is 6.45. The molecular weight excluding hydrogens is 318 g/mol. The Labute approximate surface area is 145 Å². The van der Waals surface area contributed by atoms with Crippen molar-refractivity contribution in [3.05, 3.63) is 72.4 Å². The van der Waals surface area contributed by atoms with Crippen LogP contribution in [0.3, 0.4) is 0 Å². The predicted octanol–water partition coefficient (Wildman–Crippen LogP) is 2.74. The molecule has 126 valence electrons. The van der Waals surface area contributed by atoms with Gasteiger partial charge in [0.1, 0.15) is 17.3 Å². The van der Waals surface area contributed by atoms with Gasteiger partial charge in [-0.15, -0.1) is 0 Å². The van der Waals surface area contributed by atoms with E-state index in [9.17, 15) is 4.79 Å². The molecule has 0 saturated heterocycles. The maximum absolute atomic E-state index is 12.2. The molecule has 1 aromatic carbocycles. The highest BCUT2D eigenvalue weighted by Crippen LogP contribution is 2.17. The van der Waals surface area contributed by atoms with Crippen molar-refractivity contribution in [2.75, 3.05) is 17.7 Å². The smallest absolute Gasteiger partial charge is 0.275 e. The van der Waals surface area contributed by atoms with E-state index in [0.717, 1.165) is 5.56 Å². The Morgan fingerprint density at radius 3 is 2.76 bits per heavy atom. The monoisotopic (exact) mass is 335 g/mol. The zero-order valence-electron chi connectivity index (χ0n) is 13.6. The molecule has 2 heterocycles. The molecule has 1 amide bonds. The lowest BCUT2D eigenvalue weighted by Gasteiger charge is -2.08. The quantitative estimate of drug-likeness (QED) is 0.720. The molecule has 0 aliphatic carbocycles. The largest absolute Gasteiger partial charge is 0.497 e. The summed E-state index contributed by atoms with van der Waals surface area (Å²) in [5, 5.41) is 5.89. The van der Waals surface area contributed by atoms with Gasteiger partial charge in [0.15, 0.2) is 0 Å². The normalized spacial score (nSPS) is 10.1. The van der Waals surface area contributed by atoms with Crippen LogP contribution in [0.2, 0.25) is 0 Å². The number of nitrogens with zero attached hydrogens (tertiary/aromatic N) is 3. The zero-order valence-corrected chi connectivity index (χ0v) is 13.6. The fraction of sp³-hybridized carbons (Fsp3) is 0.111. The molecule has 0 atom stereocenters. The number of rotatable bonds is 6. The van der Waals surface area contributed by atoms with E-state index in [1.54, 1.807) is 43.8 Å². The van der Waals surface area contributed by atoms with E-state index >= 15 is 0 Å². The first-order valence-corrected chi connectivity index (χ1v) is 7.65. The fourth-order valence-corrected chi connectivity index (χ4v) is 2.13. The van der Waals surface area contributed by atoms with Gasteiger partial charge in [-0.25, -0.2) is 9.97 Å². The van der Waals surface area contributed by atoms with E-state index in [4.69, 9.17) is 4.74 Å². The lowest BCUT2D eigenvalue weighted by Crippen LogP contribution is -2.14. The van der Waals surface area contributed by atoms with E-state index in [1.807, 2.05) is 12.1 Å². The van der Waals surface area contributed by atoms with Crippen molar-refractivity contribution in [2.45, 2.75) is 6.54 Å². The highest BCUT2D eigenvalue weighted by atomic mass is 16.5. The van der Waals surface area contributed by atoms with Crippen molar-refractivity contribution in [1.82, 2.24) is 15.0 Å². The first-order chi connectivity index (χ1) is 12.2. The van der Waals surface area contributed by atoms with Crippen molar-refractivity contribution in [3.63, 3.8) is 0 Å². The third kappa shape index (κ3) is 4.51. The average molecular weight is 335 g/mol. The van der Waals surface area contributed by atoms with Crippen LogP contribution in [0.1, 0.15) is 16.1 Å². The minimum Gasteiger partial charge on any atom is -0.497 e. The molecule has 0 radical (unpaired) electrons. The first kappa shape index (κ1) is 16.4. The SMILES string of the molecule is COc1cccc(NC(=O)c2cnc(NCc3cccnc3)cn2)c1. The highest BCUT2D eigenvalue weighted by Gasteiger charge is 2.09. The van der Waals surface area contributed by atoms with Crippen LogP contribution in [0, 0.1) is 0 Å². The number of hydrogen-bond donors (Lipinski definition) is 2. The molecule has 0 bridgehead atoms. The Balaban J connectivity index is 1.60. The fourth-order valence-electron chi connectivity index (χ4n) is 2.13. The van der Waals surface area contributed by atoms with Crippen molar-refractivity contribution in [1.29, 1.82) is 0 Å². The van der Waals surface area contributed by atoms with Gasteiger partial charge in [0, 0.05) is 30.7 Å². The minimum atomic E-state index is -0.334. The summed E-state index contributed by atoms with van der Waals surface area (Å²) in [5.74, 6) is 0.917. The van der Waals surface area contributed by atoms with Crippen LogP contribution in [0.25, 0.3) is 0 Å². The predicted molar refractivity (Wildman–Crippen MR) is 94.5 cm³/mol. The second-order valence-corrected chi connectivity index (χ2v) is 5.19. The van der Waals surface area contributed by atoms with Gasteiger partial charge < -0.3 is 15.4 Å². The van der Waals surface area contributed by atoms with Crippen molar-refractivity contribution in [3.8, 4) is 5.75 Å². The minimum absolute atomic E-state index is 0.231. The number of aromatic nitrogens is 3. The molecule has 3 rings (SSSR count). The van der Waals surface area contributed by atoms with Gasteiger partial charge in [0.25, 0.3) is 5.91 Å². The summed E-state index contributed by atoms with van der Waals surface area (Å²) in [6, 6.07) is 10.9. The van der Waals surface area contributed by atoms with E-state index in [0.29, 0.717) is 23.8 Å². The van der Waals surface area contributed by atoms with Gasteiger partial charge >= 0.3 is 0 Å². The second-order valence-electron chi connectivity index (χ2n) is 5.19. The number of ether oxygens (including phenoxy) is 1. The topological polar surface area (TPSA) is 89.0 Å². The van der Waals surface area contributed by atoms with Crippen LogP contribution in [0.15, 0.2) is 61.2 Å². The Morgan fingerprint density at radius 1 is 1.12 bits per heavy atom. The van der Waals surface area contributed by atoms with Crippen LogP contribution < -0.4 is 15.4 Å². The van der Waals surface area contributed by atoms with E-state index in [2.05, 4.69) is 25.6 Å². The number of anilines is 2. The average Bonchev–Trinajstić information content (AvgIpc) is 2.67. The number of amides is 1. The summed E-state index contributed by atoms with van der Waals surface area (Å²) in [5.41, 5.74) is 1.89. The maximum Gasteiger partial charge on any atom is 0.275 e. The number of carbonyl (C=O) groups excluding carboxylic acids is 1. The highest BCUT2D eigenvalue weighted by molar-refractivity contribution is 6.02. The Kier molecular flexibility index (Phi) is 5.16. The lowest BCUT2D eigenvalue weighted by atomic mass is 10.3. The van der Waals surface area contributed by atoms with Gasteiger partial charge in [-0.3, -0.25) is 9.78 Å². The first-order valence-electron chi connectivity index (χ1n) is 7.65. The number of benzene rings is 1. The molecule has 0 saturated carbocycles. The molecule has 2 aromatic heterocycles. The number of nitrogens with one attached hydrogen (secondary N) is 2. The van der Waals surface area contributed by atoms with Crippen LogP contribution >= 0.6 is 0 Å². The molecule has 0 aliphatic heterocycles. The van der Waals surface area contributed by atoms with Gasteiger partial charge in [0.05, 0.1) is 19.5 Å². The van der Waals surface area contributed by atoms with E-state index < -0.39 is 0 Å². The molecule has 0 fully saturated rings. The summed E-state index contributed by atoms with van der Waals surface area (Å²) in [6.45, 7) is 0.581. The second kappa shape index (κ2) is 7.87. The van der Waals surface area contributed by atoms with Crippen LogP contribution in [-0.4, -0.2) is 28.0 Å². The summed E-state index contributed by atoms with van der Waals surface area (Å²) in [4.78, 5) is 24.6. The standard InChI is InChI=1S/C18H17N5O2/c1-25-15-6-2-5-14(8-15)23-18(24)16-11-22-17(12-20-16)21-10-13-4-3-7-19-9-13/h2-9,11-12H,10H2,1H3,(H,21,22)(H,23,24). The van der Waals surface area contributed by atoms with E-state index in [1.165, 1.54) is 12.4 Å². The molecule has 0 spiro atoms. The Bertz CT molecular complexity index is 838. The lowest BCUT2D eigenvalue weighted by molar-refractivity contribution is 0.102. The Hall–Kier alpha value is -3.48. The molecule has 2 N–H and O–H groups in total. The zero-order chi connectivity index (χ0) is 17.5. The number of pyridine rings is 1. The molecule has 3 aromatic rings. The maximum atomic E-state index is 12.2. The summed E-state index contributed by atoms with van der Waals surface area (Å²) < 4.78 is 5.13.